The van der Waals surface area contributed by atoms with Crippen LogP contribution in [0.25, 0.3) is 0 Å². The summed E-state index contributed by atoms with van der Waals surface area (Å²) in [5, 5.41) is 9.18. The number of benzene rings is 1. The summed E-state index contributed by atoms with van der Waals surface area (Å²) < 4.78 is 1.17. The highest BCUT2D eigenvalue weighted by atomic mass is 35.5. The fourth-order valence-electron chi connectivity index (χ4n) is 1.77. The van der Waals surface area contributed by atoms with Crippen molar-refractivity contribution in [3.63, 3.8) is 0 Å². The van der Waals surface area contributed by atoms with Crippen molar-refractivity contribution < 1.29 is 0 Å². The third-order valence-electron chi connectivity index (χ3n) is 2.95. The molecule has 0 atom stereocenters. The molecule has 0 saturated carbocycles. The van der Waals surface area contributed by atoms with Gasteiger partial charge < -0.3 is 5.32 Å². The molecule has 0 unspecified atom stereocenters. The number of nitrogens with one attached hydrogen (secondary N) is 2. The average molecular weight is 338 g/mol. The van der Waals surface area contributed by atoms with Gasteiger partial charge in [-0.2, -0.15) is 5.10 Å². The van der Waals surface area contributed by atoms with Crippen molar-refractivity contribution in [2.75, 3.05) is 12.1 Å². The van der Waals surface area contributed by atoms with Gasteiger partial charge in [0.15, 0.2) is 10.3 Å². The summed E-state index contributed by atoms with van der Waals surface area (Å²) in [5.41, 5.74) is 4.25. The molecule has 1 heterocycles. The number of aromatic nitrogens is 2. The lowest BCUT2D eigenvalue weighted by Gasteiger charge is -2.22. The number of anilines is 1. The third kappa shape index (κ3) is 4.19. The van der Waals surface area contributed by atoms with Crippen LogP contribution in [-0.2, 0) is 13.6 Å². The van der Waals surface area contributed by atoms with Gasteiger partial charge in [-0.3, -0.25) is 15.2 Å². The van der Waals surface area contributed by atoms with E-state index in [1.165, 1.54) is 17.8 Å². The van der Waals surface area contributed by atoms with Crippen LogP contribution < -0.4 is 21.3 Å². The molecule has 0 spiro atoms. The van der Waals surface area contributed by atoms with Crippen molar-refractivity contribution >= 4 is 34.6 Å². The van der Waals surface area contributed by atoms with E-state index in [0.717, 1.165) is 5.56 Å². The molecule has 2 rings (SSSR count). The van der Waals surface area contributed by atoms with Gasteiger partial charge in [-0.1, -0.05) is 41.9 Å². The molecule has 0 radical (unpaired) electrons. The van der Waals surface area contributed by atoms with Gasteiger partial charge in [0.1, 0.15) is 5.69 Å². The second-order valence-electron chi connectivity index (χ2n) is 4.62. The van der Waals surface area contributed by atoms with E-state index >= 15 is 0 Å². The number of aryl methyl sites for hydroxylation is 1. The van der Waals surface area contributed by atoms with Gasteiger partial charge in [0.2, 0.25) is 0 Å². The molecule has 2 aromatic rings. The molecule has 0 amide bonds. The molecule has 1 aromatic heterocycles. The normalized spacial score (nSPS) is 10.1. The average Bonchev–Trinajstić information content (AvgIpc) is 2.50. The Morgan fingerprint density at radius 3 is 2.77 bits per heavy atom. The van der Waals surface area contributed by atoms with Gasteiger partial charge in [-0.25, -0.2) is 4.68 Å². The van der Waals surface area contributed by atoms with Gasteiger partial charge in [-0.05, 0) is 17.8 Å². The number of hydrogen-bond acceptors (Lipinski definition) is 4. The van der Waals surface area contributed by atoms with Gasteiger partial charge in [0.25, 0.3) is 5.56 Å². The molecule has 22 heavy (non-hydrogen) atoms. The summed E-state index contributed by atoms with van der Waals surface area (Å²) in [7, 11) is 3.25. The Hall–Kier alpha value is -2.12. The van der Waals surface area contributed by atoms with Crippen LogP contribution in [0.15, 0.2) is 41.2 Å². The Bertz CT molecular complexity index is 719. The Morgan fingerprint density at radius 1 is 1.41 bits per heavy atom. The zero-order valence-electron chi connectivity index (χ0n) is 12.2. The Kier molecular flexibility index (Phi) is 5.35. The van der Waals surface area contributed by atoms with Gasteiger partial charge in [0, 0.05) is 26.7 Å². The van der Waals surface area contributed by atoms with Crippen molar-refractivity contribution in [3.8, 4) is 0 Å². The fourth-order valence-corrected chi connectivity index (χ4v) is 2.27. The number of halogens is 1. The number of hydrazine groups is 1. The van der Waals surface area contributed by atoms with E-state index in [2.05, 4.69) is 15.8 Å². The van der Waals surface area contributed by atoms with Crippen molar-refractivity contribution in [1.82, 2.24) is 20.5 Å². The second kappa shape index (κ2) is 7.24. The topological polar surface area (TPSA) is 62.2 Å². The molecule has 6 nitrogen and oxygen atoms in total. The van der Waals surface area contributed by atoms with Crippen molar-refractivity contribution in [1.29, 1.82) is 0 Å². The maximum atomic E-state index is 11.6. The minimum Gasteiger partial charge on any atom is -0.357 e. The fraction of sp³-hybridized carbons (Fsp3) is 0.214. The van der Waals surface area contributed by atoms with Crippen LogP contribution in [0.1, 0.15) is 5.56 Å². The predicted molar refractivity (Wildman–Crippen MR) is 91.9 cm³/mol. The molecule has 2 N–H and O–H groups in total. The van der Waals surface area contributed by atoms with Crippen molar-refractivity contribution in [3.05, 3.63) is 57.5 Å². The number of hydrogen-bond donors (Lipinski definition) is 2. The summed E-state index contributed by atoms with van der Waals surface area (Å²) in [6.07, 6.45) is 0. The second-order valence-corrected chi connectivity index (χ2v) is 5.39. The zero-order chi connectivity index (χ0) is 16.1. The first-order chi connectivity index (χ1) is 10.5. The zero-order valence-corrected chi connectivity index (χ0v) is 13.8. The van der Waals surface area contributed by atoms with Crippen LogP contribution in [0.5, 0.6) is 0 Å². The lowest BCUT2D eigenvalue weighted by atomic mass is 10.2. The minimum absolute atomic E-state index is 0.211. The molecular formula is C14H16ClN5OS. The van der Waals surface area contributed by atoms with E-state index < -0.39 is 0 Å². The van der Waals surface area contributed by atoms with Crippen LogP contribution in [0.2, 0.25) is 5.15 Å². The molecule has 0 fully saturated rings. The summed E-state index contributed by atoms with van der Waals surface area (Å²) in [6.45, 7) is 0.600. The molecule has 1 aromatic carbocycles. The maximum Gasteiger partial charge on any atom is 0.268 e. The number of nitrogens with zero attached hydrogens (tertiary/aromatic N) is 3. The first-order valence-corrected chi connectivity index (χ1v) is 7.32. The molecular weight excluding hydrogens is 322 g/mol. The van der Waals surface area contributed by atoms with Gasteiger partial charge in [0.05, 0.1) is 0 Å². The number of thiocarbonyl (C=S) groups is 1. The quantitative estimate of drug-likeness (QED) is 0.650. The molecule has 0 saturated heterocycles. The smallest absolute Gasteiger partial charge is 0.268 e. The van der Waals surface area contributed by atoms with Crippen LogP contribution >= 0.6 is 23.8 Å². The summed E-state index contributed by atoms with van der Waals surface area (Å²) in [6, 6.07) is 11.3. The van der Waals surface area contributed by atoms with E-state index in [1.807, 2.05) is 30.3 Å². The van der Waals surface area contributed by atoms with Crippen LogP contribution in [0.4, 0.5) is 5.69 Å². The standard InChI is InChI=1S/C14H16ClN5OS/c1-19(11-8-12(21)20(2)17-13(11)15)18-14(22)16-9-10-6-4-3-5-7-10/h3-8H,9H2,1-2H3,(H2,16,18,22). The van der Waals surface area contributed by atoms with Crippen molar-refractivity contribution in [2.45, 2.75) is 6.54 Å². The van der Waals surface area contributed by atoms with Crippen LogP contribution in [-0.4, -0.2) is 21.9 Å². The molecule has 0 aliphatic carbocycles. The molecule has 0 aliphatic rings. The summed E-state index contributed by atoms with van der Waals surface area (Å²) >= 11 is 11.3. The number of rotatable bonds is 4. The highest BCUT2D eigenvalue weighted by molar-refractivity contribution is 7.80. The lowest BCUT2D eigenvalue weighted by Crippen LogP contribution is -2.45. The summed E-state index contributed by atoms with van der Waals surface area (Å²) in [4.78, 5) is 11.6. The van der Waals surface area contributed by atoms with Gasteiger partial charge in [-0.15, -0.1) is 0 Å². The molecule has 8 heteroatoms. The highest BCUT2D eigenvalue weighted by Gasteiger charge is 2.10. The summed E-state index contributed by atoms with van der Waals surface area (Å²) in [5.74, 6) is 0. The van der Waals surface area contributed by atoms with Crippen LogP contribution in [0, 0.1) is 0 Å². The lowest BCUT2D eigenvalue weighted by molar-refractivity contribution is 0.701. The Morgan fingerprint density at radius 2 is 2.09 bits per heavy atom. The van der Waals surface area contributed by atoms with E-state index in [0.29, 0.717) is 17.3 Å². The first-order valence-electron chi connectivity index (χ1n) is 6.53. The maximum absolute atomic E-state index is 11.6. The molecule has 0 bridgehead atoms. The van der Waals surface area contributed by atoms with Crippen molar-refractivity contribution in [2.24, 2.45) is 7.05 Å². The predicted octanol–water partition coefficient (Wildman–Crippen LogP) is 1.45. The van der Waals surface area contributed by atoms with Crippen LogP contribution in [0.3, 0.4) is 0 Å². The van der Waals surface area contributed by atoms with E-state index in [1.54, 1.807) is 12.1 Å². The molecule has 116 valence electrons. The first kappa shape index (κ1) is 16.3. The van der Waals surface area contributed by atoms with E-state index in [-0.39, 0.29) is 10.7 Å². The van der Waals surface area contributed by atoms with E-state index in [9.17, 15) is 4.79 Å². The largest absolute Gasteiger partial charge is 0.357 e. The highest BCUT2D eigenvalue weighted by Crippen LogP contribution is 2.18. The third-order valence-corrected chi connectivity index (χ3v) is 3.46. The monoisotopic (exact) mass is 337 g/mol. The van der Waals surface area contributed by atoms with Gasteiger partial charge >= 0.3 is 0 Å². The SMILES string of the molecule is CN(NC(=S)NCc1ccccc1)c1cc(=O)n(C)nc1Cl. The van der Waals surface area contributed by atoms with E-state index in [4.69, 9.17) is 23.8 Å². The molecule has 0 aliphatic heterocycles. The Labute approximate surface area is 138 Å². The minimum atomic E-state index is -0.254. The Balaban J connectivity index is 1.97.